The third-order valence-electron chi connectivity index (χ3n) is 2.14. The molecule has 0 heterocycles. The molecular weight excluding hydrogens is 176 g/mol. The van der Waals surface area contributed by atoms with Gasteiger partial charge in [0.1, 0.15) is 0 Å². The van der Waals surface area contributed by atoms with Gasteiger partial charge in [-0.15, -0.1) is 6.42 Å². The first-order chi connectivity index (χ1) is 6.32. The van der Waals surface area contributed by atoms with Crippen LogP contribution in [0.2, 0.25) is 0 Å². The molecule has 0 aliphatic heterocycles. The summed E-state index contributed by atoms with van der Waals surface area (Å²) in [6, 6.07) is -0.735. The molecule has 0 aliphatic carbocycles. The number of amides is 1. The highest BCUT2D eigenvalue weighted by Crippen LogP contribution is 2.17. The predicted molar refractivity (Wildman–Crippen MR) is 58.5 cm³/mol. The first-order valence-electron chi connectivity index (χ1n) is 4.85. The molecule has 0 bridgehead atoms. The zero-order valence-electron chi connectivity index (χ0n) is 9.42. The number of hydrogen-bond acceptors (Lipinski definition) is 2. The summed E-state index contributed by atoms with van der Waals surface area (Å²) in [5.41, 5.74) is 5.53. The maximum absolute atomic E-state index is 11.6. The Kier molecular flexibility index (Phi) is 4.65. The van der Waals surface area contributed by atoms with Crippen LogP contribution in [0.4, 0.5) is 0 Å². The van der Waals surface area contributed by atoms with Crippen molar-refractivity contribution in [2.24, 2.45) is 11.1 Å². The van der Waals surface area contributed by atoms with E-state index in [9.17, 15) is 4.79 Å². The normalized spacial score (nSPS) is 15.4. The standard InChI is InChI=1S/C11H20N2O/c1-6-8(7-2)13-10(14)9(12)11(3,4)5/h1,8-9H,7,12H2,2-5H3,(H,13,14)/t8?,9-/m0/s1. The number of carbonyl (C=O) groups excluding carboxylic acids is 1. The molecule has 0 aromatic heterocycles. The molecule has 0 spiro atoms. The van der Waals surface area contributed by atoms with Crippen molar-refractivity contribution in [1.82, 2.24) is 5.32 Å². The fourth-order valence-electron chi connectivity index (χ4n) is 0.916. The van der Waals surface area contributed by atoms with Gasteiger partial charge in [-0.1, -0.05) is 33.6 Å². The van der Waals surface area contributed by atoms with Crippen molar-refractivity contribution in [1.29, 1.82) is 0 Å². The van der Waals surface area contributed by atoms with Crippen LogP contribution >= 0.6 is 0 Å². The molecule has 3 nitrogen and oxygen atoms in total. The van der Waals surface area contributed by atoms with Gasteiger partial charge >= 0.3 is 0 Å². The van der Waals surface area contributed by atoms with Crippen LogP contribution in [0.15, 0.2) is 0 Å². The minimum Gasteiger partial charge on any atom is -0.341 e. The molecule has 3 N–H and O–H groups in total. The van der Waals surface area contributed by atoms with Crippen molar-refractivity contribution in [3.63, 3.8) is 0 Å². The Labute approximate surface area is 86.4 Å². The van der Waals surface area contributed by atoms with Gasteiger partial charge in [0.05, 0.1) is 12.1 Å². The molecule has 2 atom stereocenters. The van der Waals surface area contributed by atoms with Gasteiger partial charge in [0.2, 0.25) is 5.91 Å². The van der Waals surface area contributed by atoms with Crippen LogP contribution in [0.5, 0.6) is 0 Å². The highest BCUT2D eigenvalue weighted by molar-refractivity contribution is 5.82. The molecule has 0 aliphatic rings. The van der Waals surface area contributed by atoms with Crippen molar-refractivity contribution in [3.05, 3.63) is 0 Å². The first-order valence-corrected chi connectivity index (χ1v) is 4.85. The van der Waals surface area contributed by atoms with Crippen LogP contribution in [-0.2, 0) is 4.79 Å². The average molecular weight is 196 g/mol. The van der Waals surface area contributed by atoms with E-state index in [1.165, 1.54) is 0 Å². The van der Waals surface area contributed by atoms with Gasteiger partial charge in [-0.2, -0.15) is 0 Å². The van der Waals surface area contributed by atoms with Gasteiger partial charge in [-0.3, -0.25) is 4.79 Å². The Morgan fingerprint density at radius 3 is 2.36 bits per heavy atom. The summed E-state index contributed by atoms with van der Waals surface area (Å²) in [6.07, 6.45) is 5.96. The van der Waals surface area contributed by atoms with E-state index in [-0.39, 0.29) is 17.4 Å². The van der Waals surface area contributed by atoms with E-state index in [0.29, 0.717) is 0 Å². The largest absolute Gasteiger partial charge is 0.341 e. The lowest BCUT2D eigenvalue weighted by Gasteiger charge is -2.26. The van der Waals surface area contributed by atoms with Crippen molar-refractivity contribution in [2.45, 2.75) is 46.2 Å². The summed E-state index contributed by atoms with van der Waals surface area (Å²) in [4.78, 5) is 11.6. The molecule has 0 aromatic carbocycles. The molecular formula is C11H20N2O. The Morgan fingerprint density at radius 2 is 2.07 bits per heavy atom. The molecule has 0 saturated carbocycles. The fraction of sp³-hybridized carbons (Fsp3) is 0.727. The summed E-state index contributed by atoms with van der Waals surface area (Å²) in [7, 11) is 0. The summed E-state index contributed by atoms with van der Waals surface area (Å²) in [6.45, 7) is 7.70. The monoisotopic (exact) mass is 196 g/mol. The van der Waals surface area contributed by atoms with Crippen LogP contribution in [0, 0.1) is 17.8 Å². The third-order valence-corrected chi connectivity index (χ3v) is 2.14. The third kappa shape index (κ3) is 3.80. The van der Waals surface area contributed by atoms with Crippen molar-refractivity contribution in [2.75, 3.05) is 0 Å². The van der Waals surface area contributed by atoms with E-state index < -0.39 is 6.04 Å². The molecule has 0 radical (unpaired) electrons. The number of rotatable bonds is 3. The van der Waals surface area contributed by atoms with E-state index in [1.807, 2.05) is 27.7 Å². The summed E-state index contributed by atoms with van der Waals surface area (Å²) < 4.78 is 0. The predicted octanol–water partition coefficient (Wildman–Crippen LogP) is 0.888. The van der Waals surface area contributed by atoms with E-state index in [1.54, 1.807) is 0 Å². The zero-order chi connectivity index (χ0) is 11.4. The van der Waals surface area contributed by atoms with Crippen LogP contribution < -0.4 is 11.1 Å². The highest BCUT2D eigenvalue weighted by Gasteiger charge is 2.28. The molecule has 0 aromatic rings. The number of terminal acetylenes is 1. The Morgan fingerprint density at radius 1 is 1.57 bits per heavy atom. The number of nitrogens with one attached hydrogen (secondary N) is 1. The minimum absolute atomic E-state index is 0.178. The maximum Gasteiger partial charge on any atom is 0.238 e. The van der Waals surface area contributed by atoms with Crippen molar-refractivity contribution in [3.8, 4) is 12.3 Å². The molecule has 1 unspecified atom stereocenters. The Balaban J connectivity index is 4.30. The Bertz CT molecular complexity index is 235. The van der Waals surface area contributed by atoms with Crippen molar-refractivity contribution >= 4 is 5.91 Å². The van der Waals surface area contributed by atoms with E-state index in [0.717, 1.165) is 6.42 Å². The Hall–Kier alpha value is -1.01. The number of hydrogen-bond donors (Lipinski definition) is 2. The van der Waals surface area contributed by atoms with Gasteiger partial charge in [0.15, 0.2) is 0 Å². The second-order valence-corrected chi connectivity index (χ2v) is 4.48. The van der Waals surface area contributed by atoms with Gasteiger partial charge in [0, 0.05) is 0 Å². The van der Waals surface area contributed by atoms with E-state index in [2.05, 4.69) is 11.2 Å². The quantitative estimate of drug-likeness (QED) is 0.659. The first kappa shape index (κ1) is 13.0. The average Bonchev–Trinajstić information content (AvgIpc) is 2.11. The van der Waals surface area contributed by atoms with Gasteiger partial charge in [0.25, 0.3) is 0 Å². The lowest BCUT2D eigenvalue weighted by molar-refractivity contribution is -0.124. The topological polar surface area (TPSA) is 55.1 Å². The molecule has 0 rings (SSSR count). The van der Waals surface area contributed by atoms with Crippen molar-refractivity contribution < 1.29 is 4.79 Å². The molecule has 0 fully saturated rings. The van der Waals surface area contributed by atoms with Gasteiger partial charge < -0.3 is 11.1 Å². The van der Waals surface area contributed by atoms with Crippen LogP contribution in [0.25, 0.3) is 0 Å². The fourth-order valence-corrected chi connectivity index (χ4v) is 0.916. The minimum atomic E-state index is -0.523. The second kappa shape index (κ2) is 5.02. The second-order valence-electron chi connectivity index (χ2n) is 4.48. The van der Waals surface area contributed by atoms with Gasteiger partial charge in [-0.05, 0) is 11.8 Å². The molecule has 3 heteroatoms. The summed E-state index contributed by atoms with van der Waals surface area (Å²) in [5, 5.41) is 2.72. The summed E-state index contributed by atoms with van der Waals surface area (Å²) >= 11 is 0. The van der Waals surface area contributed by atoms with Crippen LogP contribution in [-0.4, -0.2) is 18.0 Å². The maximum atomic E-state index is 11.6. The van der Waals surface area contributed by atoms with E-state index >= 15 is 0 Å². The SMILES string of the molecule is C#CC(CC)NC(=O)[C@H](N)C(C)(C)C. The highest BCUT2D eigenvalue weighted by atomic mass is 16.2. The molecule has 0 saturated heterocycles. The smallest absolute Gasteiger partial charge is 0.238 e. The lowest BCUT2D eigenvalue weighted by atomic mass is 9.87. The molecule has 1 amide bonds. The van der Waals surface area contributed by atoms with Crippen LogP contribution in [0.3, 0.4) is 0 Å². The lowest BCUT2D eigenvalue weighted by Crippen LogP contribution is -2.51. The zero-order valence-corrected chi connectivity index (χ0v) is 9.42. The molecule has 14 heavy (non-hydrogen) atoms. The number of nitrogens with two attached hydrogens (primary N) is 1. The van der Waals surface area contributed by atoms with E-state index in [4.69, 9.17) is 12.2 Å². The summed E-state index contributed by atoms with van der Waals surface area (Å²) in [5.74, 6) is 2.32. The number of carbonyl (C=O) groups is 1. The van der Waals surface area contributed by atoms with Gasteiger partial charge in [-0.25, -0.2) is 0 Å². The molecule has 80 valence electrons. The van der Waals surface area contributed by atoms with Crippen LogP contribution in [0.1, 0.15) is 34.1 Å².